The van der Waals surface area contributed by atoms with Crippen LogP contribution in [0.5, 0.6) is 17.2 Å². The largest absolute Gasteiger partial charge is 0.507 e. The number of ether oxygens (including phenoxy) is 6. The van der Waals surface area contributed by atoms with E-state index in [2.05, 4.69) is 0 Å². The fourth-order valence-corrected chi connectivity index (χ4v) is 4.83. The molecule has 1 aromatic carbocycles. The Hall–Kier alpha value is -3.88. The first-order valence-corrected chi connectivity index (χ1v) is 13.1. The van der Waals surface area contributed by atoms with E-state index >= 15 is 0 Å². The topological polar surface area (TPSA) is 198 Å². The number of ketones is 2. The van der Waals surface area contributed by atoms with Crippen LogP contribution in [-0.2, 0) is 49.3 Å². The van der Waals surface area contributed by atoms with E-state index in [1.165, 1.54) is 6.92 Å². The van der Waals surface area contributed by atoms with Crippen LogP contribution in [0.3, 0.4) is 0 Å². The van der Waals surface area contributed by atoms with Crippen molar-refractivity contribution in [3.8, 4) is 17.2 Å². The summed E-state index contributed by atoms with van der Waals surface area (Å²) in [6.45, 7) is 5.12. The molecule has 0 unspecified atom stereocenters. The van der Waals surface area contributed by atoms with Crippen LogP contribution in [0.2, 0.25) is 0 Å². The molecule has 0 radical (unpaired) electrons. The van der Waals surface area contributed by atoms with Crippen LogP contribution in [0.25, 0.3) is 0 Å². The quantitative estimate of drug-likeness (QED) is 0.240. The molecule has 0 spiro atoms. The van der Waals surface area contributed by atoms with Crippen LogP contribution in [0.15, 0.2) is 10.1 Å². The standard InChI is InChI=1S/C26H26Cl2O14/c1-6-12-18(33)14-15(20(35)17(28)16(27)19(14)34)21(36)22(12)42-26-25(40-11(5)32)24(39-10(4)31)23(38-9(3)30)13(41-26)7-37-8(2)29/h13,23-26,33,36H,6-7H2,1-5H3/t13-,23-,24+,25-,26+/m1/s1. The van der Waals surface area contributed by atoms with Crippen molar-refractivity contribution < 1.29 is 67.4 Å². The first kappa shape index (κ1) is 32.6. The van der Waals surface area contributed by atoms with E-state index in [1.54, 1.807) is 0 Å². The Labute approximate surface area is 248 Å². The Kier molecular flexibility index (Phi) is 10.1. The molecule has 2 aliphatic rings. The van der Waals surface area contributed by atoms with E-state index in [4.69, 9.17) is 51.6 Å². The fourth-order valence-electron chi connectivity index (χ4n) is 4.47. The van der Waals surface area contributed by atoms with Gasteiger partial charge in [0.05, 0.1) is 11.1 Å². The zero-order valence-electron chi connectivity index (χ0n) is 22.9. The number of esters is 4. The van der Waals surface area contributed by atoms with Crippen molar-refractivity contribution in [2.45, 2.75) is 71.7 Å². The van der Waals surface area contributed by atoms with Crippen molar-refractivity contribution in [1.82, 2.24) is 0 Å². The number of Topliss-reactive ketones (excluding diaryl/α,β-unsaturated/α-hetero) is 2. The molecule has 42 heavy (non-hydrogen) atoms. The molecular weight excluding hydrogens is 607 g/mol. The monoisotopic (exact) mass is 632 g/mol. The predicted octanol–water partition coefficient (Wildman–Crippen LogP) is 2.19. The Bertz CT molecular complexity index is 1380. The third-order valence-electron chi connectivity index (χ3n) is 6.08. The van der Waals surface area contributed by atoms with Crippen LogP contribution in [0, 0.1) is 0 Å². The zero-order chi connectivity index (χ0) is 31.6. The number of aromatic hydroxyl groups is 2. The number of carbonyl (C=O) groups is 6. The SMILES string of the molecule is CCc1c(O)c2c(c(O)c1O[C@@H]1O[C@H](COC(C)=O)[C@@H](OC(C)=O)[C@H](OC(C)=O)[C@H]1OC(C)=O)C(=O)C(Cl)=C(Cl)C2=O. The minimum Gasteiger partial charge on any atom is -0.507 e. The second kappa shape index (κ2) is 13.0. The zero-order valence-corrected chi connectivity index (χ0v) is 24.4. The number of hydrogen-bond donors (Lipinski definition) is 2. The molecule has 228 valence electrons. The second-order valence-electron chi connectivity index (χ2n) is 9.08. The Balaban J connectivity index is 2.21. The molecule has 2 N–H and O–H groups in total. The summed E-state index contributed by atoms with van der Waals surface area (Å²) in [4.78, 5) is 73.3. The number of phenolic OH excluding ortho intramolecular Hbond substituents is 2. The molecule has 1 aromatic rings. The molecule has 1 heterocycles. The Morgan fingerprint density at radius 3 is 1.71 bits per heavy atom. The van der Waals surface area contributed by atoms with Gasteiger partial charge in [-0.3, -0.25) is 28.8 Å². The van der Waals surface area contributed by atoms with Gasteiger partial charge in [0, 0.05) is 33.3 Å². The first-order chi connectivity index (χ1) is 19.6. The minimum atomic E-state index is -1.82. The molecule has 1 fully saturated rings. The highest BCUT2D eigenvalue weighted by Gasteiger charge is 2.54. The molecular formula is C26H26Cl2O14. The van der Waals surface area contributed by atoms with Crippen LogP contribution in [0.4, 0.5) is 0 Å². The van der Waals surface area contributed by atoms with Crippen LogP contribution >= 0.6 is 23.2 Å². The third-order valence-corrected chi connectivity index (χ3v) is 6.90. The maximum absolute atomic E-state index is 12.9. The van der Waals surface area contributed by atoms with E-state index in [0.29, 0.717) is 0 Å². The molecule has 0 aromatic heterocycles. The Morgan fingerprint density at radius 2 is 1.24 bits per heavy atom. The van der Waals surface area contributed by atoms with E-state index in [0.717, 1.165) is 27.7 Å². The Morgan fingerprint density at radius 1 is 0.762 bits per heavy atom. The highest BCUT2D eigenvalue weighted by atomic mass is 35.5. The normalized spacial score (nSPS) is 23.5. The third kappa shape index (κ3) is 6.45. The highest BCUT2D eigenvalue weighted by molar-refractivity contribution is 6.59. The first-order valence-electron chi connectivity index (χ1n) is 12.3. The van der Waals surface area contributed by atoms with E-state index in [1.807, 2.05) is 0 Å². The molecule has 14 nitrogen and oxygen atoms in total. The summed E-state index contributed by atoms with van der Waals surface area (Å²) in [6, 6.07) is 0. The maximum atomic E-state index is 12.9. The summed E-state index contributed by atoms with van der Waals surface area (Å²) in [7, 11) is 0. The van der Waals surface area contributed by atoms with Gasteiger partial charge in [-0.15, -0.1) is 0 Å². The minimum absolute atomic E-state index is 0.0934. The van der Waals surface area contributed by atoms with Crippen molar-refractivity contribution in [1.29, 1.82) is 0 Å². The number of carbonyl (C=O) groups excluding carboxylic acids is 6. The van der Waals surface area contributed by atoms with Crippen molar-refractivity contribution in [2.75, 3.05) is 6.61 Å². The summed E-state index contributed by atoms with van der Waals surface area (Å²) in [6.07, 6.45) is -8.09. The molecule has 1 saturated heterocycles. The smallest absolute Gasteiger partial charge is 0.303 e. The van der Waals surface area contributed by atoms with Crippen molar-refractivity contribution in [2.24, 2.45) is 0 Å². The number of rotatable bonds is 8. The molecule has 1 aliphatic carbocycles. The lowest BCUT2D eigenvalue weighted by Crippen LogP contribution is -2.63. The summed E-state index contributed by atoms with van der Waals surface area (Å²) in [5, 5.41) is 20.8. The molecule has 5 atom stereocenters. The molecule has 16 heteroatoms. The fraction of sp³-hybridized carbons (Fsp3) is 0.462. The van der Waals surface area contributed by atoms with Gasteiger partial charge in [-0.1, -0.05) is 30.1 Å². The van der Waals surface area contributed by atoms with Gasteiger partial charge in [0.25, 0.3) is 0 Å². The molecule has 0 bridgehead atoms. The lowest BCUT2D eigenvalue weighted by molar-refractivity contribution is -0.288. The average Bonchev–Trinajstić information content (AvgIpc) is 2.89. The lowest BCUT2D eigenvalue weighted by Gasteiger charge is -2.44. The van der Waals surface area contributed by atoms with Gasteiger partial charge >= 0.3 is 23.9 Å². The number of allylic oxidation sites excluding steroid dienone is 2. The highest BCUT2D eigenvalue weighted by Crippen LogP contribution is 2.49. The molecule has 0 saturated carbocycles. The van der Waals surface area contributed by atoms with Gasteiger partial charge in [-0.2, -0.15) is 0 Å². The lowest BCUT2D eigenvalue weighted by atomic mass is 9.89. The van der Waals surface area contributed by atoms with Gasteiger partial charge in [-0.25, -0.2) is 0 Å². The van der Waals surface area contributed by atoms with Crippen LogP contribution < -0.4 is 4.74 Å². The van der Waals surface area contributed by atoms with E-state index < -0.39 is 111 Å². The number of hydrogen-bond acceptors (Lipinski definition) is 14. The second-order valence-corrected chi connectivity index (χ2v) is 9.84. The maximum Gasteiger partial charge on any atom is 0.303 e. The summed E-state index contributed by atoms with van der Waals surface area (Å²) >= 11 is 11.8. The van der Waals surface area contributed by atoms with Gasteiger partial charge < -0.3 is 38.6 Å². The van der Waals surface area contributed by atoms with Gasteiger partial charge in [0.15, 0.2) is 23.7 Å². The number of fused-ring (bicyclic) bond motifs is 1. The summed E-state index contributed by atoms with van der Waals surface area (Å²) < 4.78 is 32.7. The summed E-state index contributed by atoms with van der Waals surface area (Å²) in [5.74, 6) is -7.83. The predicted molar refractivity (Wildman–Crippen MR) is 139 cm³/mol. The van der Waals surface area contributed by atoms with Crippen molar-refractivity contribution in [3.63, 3.8) is 0 Å². The van der Waals surface area contributed by atoms with Gasteiger partial charge in [-0.05, 0) is 6.42 Å². The van der Waals surface area contributed by atoms with Crippen molar-refractivity contribution in [3.05, 3.63) is 26.8 Å². The van der Waals surface area contributed by atoms with Gasteiger partial charge in [0.2, 0.25) is 24.0 Å². The van der Waals surface area contributed by atoms with E-state index in [9.17, 15) is 39.0 Å². The number of halogens is 2. The molecule has 0 amide bonds. The average molecular weight is 633 g/mol. The number of phenols is 2. The number of benzene rings is 1. The molecule has 1 aliphatic heterocycles. The van der Waals surface area contributed by atoms with Crippen LogP contribution in [0.1, 0.15) is 60.9 Å². The van der Waals surface area contributed by atoms with Crippen LogP contribution in [-0.4, -0.2) is 83.0 Å². The van der Waals surface area contributed by atoms with E-state index in [-0.39, 0.29) is 12.0 Å². The van der Waals surface area contributed by atoms with Crippen molar-refractivity contribution >= 4 is 58.6 Å². The molecule has 3 rings (SSSR count). The van der Waals surface area contributed by atoms with Gasteiger partial charge in [0.1, 0.15) is 28.5 Å². The summed E-state index contributed by atoms with van der Waals surface area (Å²) in [5.41, 5.74) is -1.52.